The van der Waals surface area contributed by atoms with E-state index in [-0.39, 0.29) is 0 Å². The van der Waals surface area contributed by atoms with Crippen LogP contribution >= 0.6 is 22.6 Å². The fourth-order valence-electron chi connectivity index (χ4n) is 1.56. The molecule has 0 aliphatic carbocycles. The zero-order chi connectivity index (χ0) is 12.8. The molecule has 2 aromatic rings. The zero-order valence-electron chi connectivity index (χ0n) is 10.2. The third-order valence-corrected chi connectivity index (χ3v) is 3.12. The molecule has 0 aliphatic heterocycles. The van der Waals surface area contributed by atoms with Crippen molar-refractivity contribution in [2.75, 3.05) is 6.54 Å². The highest BCUT2D eigenvalue weighted by Gasteiger charge is 2.04. The Morgan fingerprint density at radius 2 is 2.22 bits per heavy atom. The van der Waals surface area contributed by atoms with Crippen LogP contribution in [0, 0.1) is 3.57 Å². The second kappa shape index (κ2) is 6.70. The number of aromatic nitrogens is 1. The number of benzene rings is 1. The molecule has 4 heteroatoms. The minimum absolute atomic E-state index is 0.767. The summed E-state index contributed by atoms with van der Waals surface area (Å²) in [5, 5.41) is 3.28. The molecule has 0 saturated carbocycles. The SMILES string of the molecule is CCNCc1cnccc1Oc1cccc(I)c1. The van der Waals surface area contributed by atoms with Crippen molar-refractivity contribution in [1.82, 2.24) is 10.3 Å². The van der Waals surface area contributed by atoms with Crippen LogP contribution in [0.1, 0.15) is 12.5 Å². The number of halogens is 1. The molecule has 3 nitrogen and oxygen atoms in total. The number of nitrogens with zero attached hydrogens (tertiary/aromatic N) is 1. The standard InChI is InChI=1S/C14H15IN2O/c1-2-16-9-11-10-17-7-6-14(11)18-13-5-3-4-12(15)8-13/h3-8,10,16H,2,9H2,1H3. The third-order valence-electron chi connectivity index (χ3n) is 2.45. The summed E-state index contributed by atoms with van der Waals surface area (Å²) in [6, 6.07) is 9.89. The molecule has 0 bridgehead atoms. The minimum atomic E-state index is 0.767. The van der Waals surface area contributed by atoms with Crippen LogP contribution in [0.3, 0.4) is 0 Å². The van der Waals surface area contributed by atoms with Crippen LogP contribution in [-0.2, 0) is 6.54 Å². The van der Waals surface area contributed by atoms with Gasteiger partial charge in [-0.25, -0.2) is 0 Å². The van der Waals surface area contributed by atoms with Crippen molar-refractivity contribution in [3.63, 3.8) is 0 Å². The first kappa shape index (κ1) is 13.3. The molecule has 18 heavy (non-hydrogen) atoms. The first-order chi connectivity index (χ1) is 8.79. The van der Waals surface area contributed by atoms with Crippen molar-refractivity contribution in [3.8, 4) is 11.5 Å². The zero-order valence-corrected chi connectivity index (χ0v) is 12.3. The van der Waals surface area contributed by atoms with Gasteiger partial charge in [0.15, 0.2) is 0 Å². The largest absolute Gasteiger partial charge is 0.457 e. The summed E-state index contributed by atoms with van der Waals surface area (Å²) in [5.74, 6) is 1.71. The van der Waals surface area contributed by atoms with Crippen LogP contribution in [-0.4, -0.2) is 11.5 Å². The molecule has 0 amide bonds. The third kappa shape index (κ3) is 3.68. The smallest absolute Gasteiger partial charge is 0.134 e. The number of rotatable bonds is 5. The van der Waals surface area contributed by atoms with Crippen LogP contribution in [0.4, 0.5) is 0 Å². The van der Waals surface area contributed by atoms with Gasteiger partial charge in [-0.05, 0) is 53.4 Å². The van der Waals surface area contributed by atoms with Crippen molar-refractivity contribution in [2.45, 2.75) is 13.5 Å². The maximum Gasteiger partial charge on any atom is 0.134 e. The van der Waals surface area contributed by atoms with Gasteiger partial charge in [-0.1, -0.05) is 13.0 Å². The van der Waals surface area contributed by atoms with Gasteiger partial charge < -0.3 is 10.1 Å². The van der Waals surface area contributed by atoms with E-state index < -0.39 is 0 Å². The minimum Gasteiger partial charge on any atom is -0.457 e. The summed E-state index contributed by atoms with van der Waals surface area (Å²) in [7, 11) is 0. The van der Waals surface area contributed by atoms with Crippen molar-refractivity contribution >= 4 is 22.6 Å². The number of ether oxygens (including phenoxy) is 1. The quantitative estimate of drug-likeness (QED) is 0.834. The Hall–Kier alpha value is -1.14. The van der Waals surface area contributed by atoms with Gasteiger partial charge in [0.1, 0.15) is 11.5 Å². The van der Waals surface area contributed by atoms with E-state index in [1.165, 1.54) is 0 Å². The number of nitrogens with one attached hydrogen (secondary N) is 1. The van der Waals surface area contributed by atoms with Crippen LogP contribution in [0.5, 0.6) is 11.5 Å². The predicted molar refractivity (Wildman–Crippen MR) is 80.9 cm³/mol. The van der Waals surface area contributed by atoms with E-state index in [1.807, 2.05) is 36.5 Å². The average molecular weight is 354 g/mol. The topological polar surface area (TPSA) is 34.2 Å². The van der Waals surface area contributed by atoms with Gasteiger partial charge in [0.05, 0.1) is 0 Å². The molecular weight excluding hydrogens is 339 g/mol. The van der Waals surface area contributed by atoms with Crippen LogP contribution in [0.2, 0.25) is 0 Å². The highest BCUT2D eigenvalue weighted by molar-refractivity contribution is 14.1. The van der Waals surface area contributed by atoms with Gasteiger partial charge in [0, 0.05) is 28.1 Å². The lowest BCUT2D eigenvalue weighted by atomic mass is 10.2. The molecule has 0 unspecified atom stereocenters. The molecule has 0 atom stereocenters. The Morgan fingerprint density at radius 1 is 1.33 bits per heavy atom. The number of hydrogen-bond donors (Lipinski definition) is 1. The van der Waals surface area contributed by atoms with Crippen molar-refractivity contribution < 1.29 is 4.74 Å². The molecular formula is C14H15IN2O. The van der Waals surface area contributed by atoms with E-state index in [0.717, 1.165) is 33.7 Å². The lowest BCUT2D eigenvalue weighted by Crippen LogP contribution is -2.12. The summed E-state index contributed by atoms with van der Waals surface area (Å²) >= 11 is 2.27. The maximum atomic E-state index is 5.90. The molecule has 0 radical (unpaired) electrons. The monoisotopic (exact) mass is 354 g/mol. The Kier molecular flexibility index (Phi) is 4.95. The number of pyridine rings is 1. The lowest BCUT2D eigenvalue weighted by Gasteiger charge is -2.11. The summed E-state index contributed by atoms with van der Waals surface area (Å²) < 4.78 is 7.06. The van der Waals surface area contributed by atoms with Gasteiger partial charge in [0.25, 0.3) is 0 Å². The molecule has 0 saturated heterocycles. The van der Waals surface area contributed by atoms with E-state index in [2.05, 4.69) is 39.8 Å². The fourth-order valence-corrected chi connectivity index (χ4v) is 2.08. The second-order valence-corrected chi connectivity index (χ2v) is 5.07. The summed E-state index contributed by atoms with van der Waals surface area (Å²) in [6.07, 6.45) is 3.59. The first-order valence-corrected chi connectivity index (χ1v) is 6.94. The van der Waals surface area contributed by atoms with Crippen LogP contribution in [0.25, 0.3) is 0 Å². The summed E-state index contributed by atoms with van der Waals surface area (Å²) in [4.78, 5) is 4.14. The van der Waals surface area contributed by atoms with Crippen LogP contribution < -0.4 is 10.1 Å². The van der Waals surface area contributed by atoms with Crippen molar-refractivity contribution in [1.29, 1.82) is 0 Å². The highest BCUT2D eigenvalue weighted by Crippen LogP contribution is 2.25. The molecule has 0 spiro atoms. The maximum absolute atomic E-state index is 5.90. The molecule has 1 aromatic heterocycles. The Labute approximate surface area is 121 Å². The van der Waals surface area contributed by atoms with Gasteiger partial charge >= 0.3 is 0 Å². The number of hydrogen-bond acceptors (Lipinski definition) is 3. The van der Waals surface area contributed by atoms with Gasteiger partial charge in [-0.15, -0.1) is 0 Å². The van der Waals surface area contributed by atoms with E-state index in [4.69, 9.17) is 4.74 Å². The summed E-state index contributed by atoms with van der Waals surface area (Å²) in [6.45, 7) is 3.78. The molecule has 0 fully saturated rings. The highest BCUT2D eigenvalue weighted by atomic mass is 127. The molecule has 94 valence electrons. The molecule has 1 N–H and O–H groups in total. The molecule has 1 aromatic carbocycles. The van der Waals surface area contributed by atoms with E-state index in [9.17, 15) is 0 Å². The molecule has 0 aliphatic rings. The first-order valence-electron chi connectivity index (χ1n) is 5.86. The van der Waals surface area contributed by atoms with Crippen molar-refractivity contribution in [2.24, 2.45) is 0 Å². The van der Waals surface area contributed by atoms with Gasteiger partial charge in [0.2, 0.25) is 0 Å². The normalized spacial score (nSPS) is 10.3. The average Bonchev–Trinajstić information content (AvgIpc) is 2.38. The van der Waals surface area contributed by atoms with Gasteiger partial charge in [-0.2, -0.15) is 0 Å². The lowest BCUT2D eigenvalue weighted by molar-refractivity contribution is 0.472. The Bertz CT molecular complexity index is 517. The Balaban J connectivity index is 2.17. The fraction of sp³-hybridized carbons (Fsp3) is 0.214. The Morgan fingerprint density at radius 3 is 3.00 bits per heavy atom. The van der Waals surface area contributed by atoms with E-state index in [1.54, 1.807) is 6.20 Å². The van der Waals surface area contributed by atoms with E-state index >= 15 is 0 Å². The molecule has 1 heterocycles. The second-order valence-electron chi connectivity index (χ2n) is 3.82. The van der Waals surface area contributed by atoms with E-state index in [0.29, 0.717) is 0 Å². The molecule has 2 rings (SSSR count). The van der Waals surface area contributed by atoms with Crippen LogP contribution in [0.15, 0.2) is 42.7 Å². The summed E-state index contributed by atoms with van der Waals surface area (Å²) in [5.41, 5.74) is 1.07. The van der Waals surface area contributed by atoms with Gasteiger partial charge in [-0.3, -0.25) is 4.98 Å². The predicted octanol–water partition coefficient (Wildman–Crippen LogP) is 3.59. The van der Waals surface area contributed by atoms with Crippen molar-refractivity contribution in [3.05, 3.63) is 51.9 Å².